The van der Waals surface area contributed by atoms with Crippen LogP contribution in [0.5, 0.6) is 11.5 Å². The minimum atomic E-state index is -0.388. The van der Waals surface area contributed by atoms with Crippen LogP contribution in [0.15, 0.2) is 30.3 Å². The summed E-state index contributed by atoms with van der Waals surface area (Å²) < 4.78 is 11.3. The molecular formula is C21H21Cl3N2O4. The van der Waals surface area contributed by atoms with Crippen LogP contribution in [0.1, 0.15) is 30.1 Å². The first-order chi connectivity index (χ1) is 14.4. The van der Waals surface area contributed by atoms with Gasteiger partial charge in [0, 0.05) is 23.6 Å². The Kier molecular flexibility index (Phi) is 7.69. The van der Waals surface area contributed by atoms with Crippen LogP contribution in [-0.4, -0.2) is 43.0 Å². The normalized spacial score (nSPS) is 12.8. The van der Waals surface area contributed by atoms with Gasteiger partial charge in [0.05, 0.1) is 28.9 Å². The smallest absolute Gasteiger partial charge is 0.254 e. The lowest BCUT2D eigenvalue weighted by atomic mass is 10.1. The van der Waals surface area contributed by atoms with E-state index in [-0.39, 0.29) is 18.4 Å². The molecule has 160 valence electrons. The van der Waals surface area contributed by atoms with E-state index in [0.29, 0.717) is 64.0 Å². The zero-order chi connectivity index (χ0) is 21.7. The summed E-state index contributed by atoms with van der Waals surface area (Å²) in [6, 6.07) is 7.90. The SMILES string of the molecule is CCCN(CC(=O)Nc1cc(Cl)ccc1Cl)C(=O)c1cc(Cl)c2c(c1)OCCCO2. The summed E-state index contributed by atoms with van der Waals surface area (Å²) in [7, 11) is 0. The molecule has 1 aliphatic heterocycles. The highest BCUT2D eigenvalue weighted by Crippen LogP contribution is 2.38. The first-order valence-corrected chi connectivity index (χ1v) is 10.7. The van der Waals surface area contributed by atoms with Crippen LogP contribution in [0, 0.1) is 0 Å². The zero-order valence-electron chi connectivity index (χ0n) is 16.3. The molecule has 2 aromatic rings. The quantitative estimate of drug-likeness (QED) is 0.621. The molecule has 2 amide bonds. The van der Waals surface area contributed by atoms with Crippen LogP contribution in [0.3, 0.4) is 0 Å². The highest BCUT2D eigenvalue weighted by Gasteiger charge is 2.23. The van der Waals surface area contributed by atoms with E-state index in [1.165, 1.54) is 11.0 Å². The average molecular weight is 472 g/mol. The molecule has 0 aromatic heterocycles. The number of rotatable bonds is 6. The van der Waals surface area contributed by atoms with Crippen LogP contribution >= 0.6 is 34.8 Å². The molecule has 9 heteroatoms. The van der Waals surface area contributed by atoms with E-state index >= 15 is 0 Å². The summed E-state index contributed by atoms with van der Waals surface area (Å²) in [5, 5.41) is 3.79. The van der Waals surface area contributed by atoms with Gasteiger partial charge in [0.15, 0.2) is 11.5 Å². The second-order valence-corrected chi connectivity index (χ2v) is 7.99. The minimum absolute atomic E-state index is 0.151. The van der Waals surface area contributed by atoms with Gasteiger partial charge in [0.1, 0.15) is 6.54 Å². The Bertz CT molecular complexity index is 952. The Morgan fingerprint density at radius 1 is 1.07 bits per heavy atom. The van der Waals surface area contributed by atoms with Crippen LogP contribution < -0.4 is 14.8 Å². The number of benzene rings is 2. The van der Waals surface area contributed by atoms with Gasteiger partial charge in [-0.15, -0.1) is 0 Å². The predicted molar refractivity (Wildman–Crippen MR) is 118 cm³/mol. The van der Waals surface area contributed by atoms with Gasteiger partial charge in [-0.3, -0.25) is 9.59 Å². The van der Waals surface area contributed by atoms with Gasteiger partial charge >= 0.3 is 0 Å². The Morgan fingerprint density at radius 3 is 2.60 bits per heavy atom. The largest absolute Gasteiger partial charge is 0.489 e. The Labute approximate surface area is 190 Å². The van der Waals surface area contributed by atoms with Crippen LogP contribution in [-0.2, 0) is 4.79 Å². The number of nitrogens with zero attached hydrogens (tertiary/aromatic N) is 1. The second-order valence-electron chi connectivity index (χ2n) is 6.73. The van der Waals surface area contributed by atoms with Crippen molar-refractivity contribution in [3.63, 3.8) is 0 Å². The van der Waals surface area contributed by atoms with E-state index in [1.807, 2.05) is 6.92 Å². The van der Waals surface area contributed by atoms with Gasteiger partial charge in [-0.1, -0.05) is 41.7 Å². The summed E-state index contributed by atoms with van der Waals surface area (Å²) in [5.74, 6) is 0.138. The zero-order valence-corrected chi connectivity index (χ0v) is 18.6. The molecule has 0 spiro atoms. The van der Waals surface area contributed by atoms with E-state index < -0.39 is 0 Å². The molecule has 1 N–H and O–H groups in total. The van der Waals surface area contributed by atoms with Crippen LogP contribution in [0.2, 0.25) is 15.1 Å². The van der Waals surface area contributed by atoms with Gasteiger partial charge in [-0.25, -0.2) is 0 Å². The topological polar surface area (TPSA) is 67.9 Å². The molecule has 0 radical (unpaired) electrons. The Hall–Kier alpha value is -2.15. The van der Waals surface area contributed by atoms with Gasteiger partial charge in [-0.2, -0.15) is 0 Å². The number of hydrogen-bond donors (Lipinski definition) is 1. The van der Waals surface area contributed by atoms with Crippen molar-refractivity contribution in [1.29, 1.82) is 0 Å². The van der Waals surface area contributed by atoms with Crippen molar-refractivity contribution in [2.75, 3.05) is 31.6 Å². The lowest BCUT2D eigenvalue weighted by molar-refractivity contribution is -0.116. The monoisotopic (exact) mass is 470 g/mol. The van der Waals surface area contributed by atoms with Gasteiger partial charge in [-0.05, 0) is 36.8 Å². The highest BCUT2D eigenvalue weighted by atomic mass is 35.5. The van der Waals surface area contributed by atoms with E-state index in [4.69, 9.17) is 44.3 Å². The molecule has 0 unspecified atom stereocenters. The number of nitrogens with one attached hydrogen (secondary N) is 1. The third kappa shape index (κ3) is 5.50. The third-order valence-corrected chi connectivity index (χ3v) is 5.21. The number of carbonyl (C=O) groups excluding carboxylic acids is 2. The third-order valence-electron chi connectivity index (χ3n) is 4.37. The molecule has 6 nitrogen and oxygen atoms in total. The standard InChI is InChI=1S/C21H21Cl3N2O4/c1-2-6-26(12-19(27)25-17-11-14(22)4-5-15(17)23)21(28)13-9-16(24)20-18(10-13)29-7-3-8-30-20/h4-5,9-11H,2-3,6-8,12H2,1H3,(H,25,27). The van der Waals surface area contributed by atoms with Crippen molar-refractivity contribution in [1.82, 2.24) is 4.90 Å². The molecule has 3 rings (SSSR count). The number of fused-ring (bicyclic) bond motifs is 1. The maximum atomic E-state index is 13.1. The van der Waals surface area contributed by atoms with E-state index in [1.54, 1.807) is 24.3 Å². The second kappa shape index (κ2) is 10.2. The molecule has 0 fully saturated rings. The fourth-order valence-electron chi connectivity index (χ4n) is 3.02. The van der Waals surface area contributed by atoms with Crippen molar-refractivity contribution in [2.24, 2.45) is 0 Å². The first kappa shape index (κ1) is 22.5. The number of ether oxygens (including phenoxy) is 2. The lowest BCUT2D eigenvalue weighted by Crippen LogP contribution is -2.38. The first-order valence-electron chi connectivity index (χ1n) is 9.52. The van der Waals surface area contributed by atoms with Crippen molar-refractivity contribution < 1.29 is 19.1 Å². The number of hydrogen-bond acceptors (Lipinski definition) is 4. The Morgan fingerprint density at radius 2 is 1.83 bits per heavy atom. The van der Waals surface area contributed by atoms with E-state index in [9.17, 15) is 9.59 Å². The fourth-order valence-corrected chi connectivity index (χ4v) is 3.62. The summed E-state index contributed by atoms with van der Waals surface area (Å²) in [6.45, 7) is 3.13. The molecule has 0 bridgehead atoms. The van der Waals surface area contributed by atoms with Gasteiger partial charge < -0.3 is 19.7 Å². The van der Waals surface area contributed by atoms with Gasteiger partial charge in [0.2, 0.25) is 5.91 Å². The molecule has 1 heterocycles. The summed E-state index contributed by atoms with van der Waals surface area (Å²) in [4.78, 5) is 27.1. The number of anilines is 1. The number of amides is 2. The summed E-state index contributed by atoms with van der Waals surface area (Å²) >= 11 is 18.4. The molecule has 2 aromatic carbocycles. The maximum absolute atomic E-state index is 13.1. The lowest BCUT2D eigenvalue weighted by Gasteiger charge is -2.22. The molecule has 30 heavy (non-hydrogen) atoms. The van der Waals surface area contributed by atoms with Crippen LogP contribution in [0.4, 0.5) is 5.69 Å². The summed E-state index contributed by atoms with van der Waals surface area (Å²) in [5.41, 5.74) is 0.711. The fraction of sp³-hybridized carbons (Fsp3) is 0.333. The number of halogens is 3. The highest BCUT2D eigenvalue weighted by molar-refractivity contribution is 6.35. The van der Waals surface area contributed by atoms with Crippen molar-refractivity contribution in [2.45, 2.75) is 19.8 Å². The minimum Gasteiger partial charge on any atom is -0.489 e. The van der Waals surface area contributed by atoms with Crippen LogP contribution in [0.25, 0.3) is 0 Å². The number of carbonyl (C=O) groups is 2. The molecule has 0 saturated carbocycles. The van der Waals surface area contributed by atoms with E-state index in [0.717, 1.165) is 6.42 Å². The van der Waals surface area contributed by atoms with Crippen molar-refractivity contribution in [3.05, 3.63) is 51.0 Å². The molecule has 0 atom stereocenters. The van der Waals surface area contributed by atoms with Crippen molar-refractivity contribution >= 4 is 52.3 Å². The average Bonchev–Trinajstić information content (AvgIpc) is 2.96. The molecule has 1 aliphatic rings. The Balaban J connectivity index is 1.78. The molecule has 0 aliphatic carbocycles. The van der Waals surface area contributed by atoms with E-state index in [2.05, 4.69) is 5.32 Å². The van der Waals surface area contributed by atoms with Gasteiger partial charge in [0.25, 0.3) is 5.91 Å². The van der Waals surface area contributed by atoms with Crippen molar-refractivity contribution in [3.8, 4) is 11.5 Å². The molecular weight excluding hydrogens is 451 g/mol. The maximum Gasteiger partial charge on any atom is 0.254 e. The summed E-state index contributed by atoms with van der Waals surface area (Å²) in [6.07, 6.45) is 1.40. The molecule has 0 saturated heterocycles. The predicted octanol–water partition coefficient (Wildman–Crippen LogP) is 5.30.